The van der Waals surface area contributed by atoms with Crippen LogP contribution in [0.15, 0.2) is 54.6 Å². The summed E-state index contributed by atoms with van der Waals surface area (Å²) >= 11 is 0. The zero-order chi connectivity index (χ0) is 19.3. The quantitative estimate of drug-likeness (QED) is 0.862. The molecule has 4 heteroatoms. The fourth-order valence-electron chi connectivity index (χ4n) is 4.47. The van der Waals surface area contributed by atoms with Crippen LogP contribution in [0.2, 0.25) is 0 Å². The number of amides is 1. The zero-order valence-corrected chi connectivity index (χ0v) is 16.8. The van der Waals surface area contributed by atoms with Gasteiger partial charge in [-0.05, 0) is 49.4 Å². The minimum Gasteiger partial charge on any atom is -0.371 e. The molecule has 1 amide bonds. The van der Waals surface area contributed by atoms with Crippen LogP contribution in [-0.2, 0) is 11.3 Å². The molecule has 4 nitrogen and oxygen atoms in total. The number of hydrogen-bond donors (Lipinski definition) is 1. The van der Waals surface area contributed by atoms with Gasteiger partial charge in [-0.25, -0.2) is 0 Å². The van der Waals surface area contributed by atoms with E-state index in [-0.39, 0.29) is 5.91 Å². The topological polar surface area (TPSA) is 35.6 Å². The Bertz CT molecular complexity index is 783. The van der Waals surface area contributed by atoms with Crippen molar-refractivity contribution in [2.75, 3.05) is 24.5 Å². The average Bonchev–Trinajstić information content (AvgIpc) is 2.72. The first-order valence-corrected chi connectivity index (χ1v) is 10.6. The maximum Gasteiger partial charge on any atom is 0.222 e. The fourth-order valence-corrected chi connectivity index (χ4v) is 4.47. The van der Waals surface area contributed by atoms with E-state index in [4.69, 9.17) is 0 Å². The summed E-state index contributed by atoms with van der Waals surface area (Å²) in [5.41, 5.74) is 3.88. The van der Waals surface area contributed by atoms with Crippen LogP contribution in [0.1, 0.15) is 36.8 Å². The zero-order valence-electron chi connectivity index (χ0n) is 16.8. The van der Waals surface area contributed by atoms with Crippen molar-refractivity contribution in [2.45, 2.75) is 51.2 Å². The van der Waals surface area contributed by atoms with Crippen LogP contribution in [0.4, 0.5) is 5.69 Å². The minimum absolute atomic E-state index is 0.288. The molecule has 4 rings (SSSR count). The van der Waals surface area contributed by atoms with Crippen LogP contribution >= 0.6 is 0 Å². The lowest BCUT2D eigenvalue weighted by atomic mass is 9.99. The molecule has 2 aromatic rings. The Morgan fingerprint density at radius 1 is 0.964 bits per heavy atom. The maximum absolute atomic E-state index is 12.4. The normalized spacial score (nSPS) is 21.2. The second kappa shape index (κ2) is 8.78. The summed E-state index contributed by atoms with van der Waals surface area (Å²) in [5, 5.41) is 3.86. The van der Waals surface area contributed by atoms with E-state index < -0.39 is 0 Å². The summed E-state index contributed by atoms with van der Waals surface area (Å²) in [5.74, 6) is 0.288. The van der Waals surface area contributed by atoms with Crippen LogP contribution in [-0.4, -0.2) is 42.5 Å². The molecule has 0 bridgehead atoms. The van der Waals surface area contributed by atoms with Crippen molar-refractivity contribution in [3.8, 4) is 0 Å². The van der Waals surface area contributed by atoms with Crippen molar-refractivity contribution in [2.24, 2.45) is 0 Å². The molecule has 1 N–H and O–H groups in total. The Morgan fingerprint density at radius 3 is 2.50 bits per heavy atom. The van der Waals surface area contributed by atoms with E-state index >= 15 is 0 Å². The Hall–Kier alpha value is -2.33. The third kappa shape index (κ3) is 4.74. The maximum atomic E-state index is 12.4. The Labute approximate surface area is 168 Å². The summed E-state index contributed by atoms with van der Waals surface area (Å²) in [7, 11) is 0. The number of rotatable bonds is 5. The standard InChI is InChI=1S/C24H31N3O/c1-19-6-5-9-23(16-19)26-14-12-21(13-15-26)25-22-10-11-24(28)27(18-22)17-20-7-3-2-4-8-20/h2-9,16,21-22,25H,10-15,17-18H2,1H3. The number of carbonyl (C=O) groups is 1. The highest BCUT2D eigenvalue weighted by atomic mass is 16.2. The molecule has 0 radical (unpaired) electrons. The molecule has 2 saturated heterocycles. The molecule has 0 spiro atoms. The van der Waals surface area contributed by atoms with Crippen molar-refractivity contribution in [1.82, 2.24) is 10.2 Å². The van der Waals surface area contributed by atoms with Gasteiger partial charge in [-0.1, -0.05) is 42.5 Å². The molecule has 0 aliphatic carbocycles. The molecule has 0 saturated carbocycles. The first-order valence-electron chi connectivity index (χ1n) is 10.6. The number of nitrogens with zero attached hydrogens (tertiary/aromatic N) is 2. The lowest BCUT2D eigenvalue weighted by Gasteiger charge is -2.39. The lowest BCUT2D eigenvalue weighted by Crippen LogP contribution is -2.53. The highest BCUT2D eigenvalue weighted by Crippen LogP contribution is 2.22. The van der Waals surface area contributed by atoms with Gasteiger partial charge in [-0.15, -0.1) is 0 Å². The second-order valence-electron chi connectivity index (χ2n) is 8.26. The van der Waals surface area contributed by atoms with Gasteiger partial charge in [0, 0.05) is 50.4 Å². The van der Waals surface area contributed by atoms with Gasteiger partial charge in [0.2, 0.25) is 5.91 Å². The molecular formula is C24H31N3O. The number of hydrogen-bond acceptors (Lipinski definition) is 3. The molecule has 2 heterocycles. The van der Waals surface area contributed by atoms with E-state index in [1.807, 2.05) is 23.1 Å². The van der Waals surface area contributed by atoms with Crippen LogP contribution in [0, 0.1) is 6.92 Å². The first kappa shape index (κ1) is 19.0. The fraction of sp³-hybridized carbons (Fsp3) is 0.458. The van der Waals surface area contributed by atoms with Crippen molar-refractivity contribution in [3.05, 3.63) is 65.7 Å². The molecule has 28 heavy (non-hydrogen) atoms. The number of benzene rings is 2. The van der Waals surface area contributed by atoms with Crippen LogP contribution in [0.25, 0.3) is 0 Å². The smallest absolute Gasteiger partial charge is 0.222 e. The van der Waals surface area contributed by atoms with Gasteiger partial charge in [0.1, 0.15) is 0 Å². The highest BCUT2D eigenvalue weighted by Gasteiger charge is 2.28. The monoisotopic (exact) mass is 377 g/mol. The number of aryl methyl sites for hydroxylation is 1. The van der Waals surface area contributed by atoms with E-state index in [2.05, 4.69) is 53.5 Å². The summed E-state index contributed by atoms with van der Waals surface area (Å²) < 4.78 is 0. The number of likely N-dealkylation sites (tertiary alicyclic amines) is 1. The predicted molar refractivity (Wildman–Crippen MR) is 114 cm³/mol. The lowest BCUT2D eigenvalue weighted by molar-refractivity contribution is -0.134. The molecular weight excluding hydrogens is 346 g/mol. The molecule has 2 aromatic carbocycles. The predicted octanol–water partition coefficient (Wildman–Crippen LogP) is 3.74. The Morgan fingerprint density at radius 2 is 1.75 bits per heavy atom. The first-order chi connectivity index (χ1) is 13.7. The van der Waals surface area contributed by atoms with Gasteiger partial charge in [0.05, 0.1) is 0 Å². The number of carbonyl (C=O) groups excluding carboxylic acids is 1. The van der Waals surface area contributed by atoms with Crippen molar-refractivity contribution < 1.29 is 4.79 Å². The van der Waals surface area contributed by atoms with E-state index in [1.165, 1.54) is 16.8 Å². The van der Waals surface area contributed by atoms with E-state index in [0.29, 0.717) is 18.5 Å². The molecule has 1 unspecified atom stereocenters. The Balaban J connectivity index is 1.28. The largest absolute Gasteiger partial charge is 0.371 e. The van der Waals surface area contributed by atoms with Crippen LogP contribution < -0.4 is 10.2 Å². The third-order valence-corrected chi connectivity index (χ3v) is 6.05. The number of nitrogens with one attached hydrogen (secondary N) is 1. The molecule has 2 aliphatic heterocycles. The average molecular weight is 378 g/mol. The SMILES string of the molecule is Cc1cccc(N2CCC(NC3CCC(=O)N(Cc4ccccc4)C3)CC2)c1. The minimum atomic E-state index is 0.288. The van der Waals surface area contributed by atoms with Crippen molar-refractivity contribution in [1.29, 1.82) is 0 Å². The summed E-state index contributed by atoms with van der Waals surface area (Å²) in [4.78, 5) is 16.9. The second-order valence-corrected chi connectivity index (χ2v) is 8.26. The molecule has 2 aliphatic rings. The molecule has 1 atom stereocenters. The Kier molecular flexibility index (Phi) is 5.96. The van der Waals surface area contributed by atoms with Gasteiger partial charge >= 0.3 is 0 Å². The van der Waals surface area contributed by atoms with Gasteiger partial charge in [0.15, 0.2) is 0 Å². The van der Waals surface area contributed by atoms with Crippen LogP contribution in [0.5, 0.6) is 0 Å². The van der Waals surface area contributed by atoms with Crippen molar-refractivity contribution in [3.63, 3.8) is 0 Å². The van der Waals surface area contributed by atoms with Crippen molar-refractivity contribution >= 4 is 11.6 Å². The molecule has 2 fully saturated rings. The van der Waals surface area contributed by atoms with Gasteiger partial charge in [-0.2, -0.15) is 0 Å². The van der Waals surface area contributed by atoms with E-state index in [1.54, 1.807) is 0 Å². The number of anilines is 1. The highest BCUT2D eigenvalue weighted by molar-refractivity contribution is 5.77. The van der Waals surface area contributed by atoms with Gasteiger partial charge in [-0.3, -0.25) is 4.79 Å². The summed E-state index contributed by atoms with van der Waals surface area (Å²) in [6.07, 6.45) is 3.95. The van der Waals surface area contributed by atoms with E-state index in [0.717, 1.165) is 45.4 Å². The third-order valence-electron chi connectivity index (χ3n) is 6.05. The molecule has 148 valence electrons. The summed E-state index contributed by atoms with van der Waals surface area (Å²) in [6, 6.07) is 20.1. The van der Waals surface area contributed by atoms with Gasteiger partial charge < -0.3 is 15.1 Å². The summed E-state index contributed by atoms with van der Waals surface area (Å²) in [6.45, 7) is 5.90. The van der Waals surface area contributed by atoms with Crippen LogP contribution in [0.3, 0.4) is 0 Å². The molecule has 0 aromatic heterocycles. The van der Waals surface area contributed by atoms with Gasteiger partial charge in [0.25, 0.3) is 0 Å². The van der Waals surface area contributed by atoms with E-state index in [9.17, 15) is 4.79 Å². The number of piperidine rings is 2.